The van der Waals surface area contributed by atoms with Crippen molar-refractivity contribution < 1.29 is 5.11 Å². The summed E-state index contributed by atoms with van der Waals surface area (Å²) in [6.07, 6.45) is 1.93. The molecule has 0 saturated heterocycles. The summed E-state index contributed by atoms with van der Waals surface area (Å²) in [5, 5.41) is 12.7. The van der Waals surface area contributed by atoms with Gasteiger partial charge in [0.25, 0.3) is 0 Å². The van der Waals surface area contributed by atoms with E-state index in [-0.39, 0.29) is 32.8 Å². The maximum atomic E-state index is 12.7. The Hall–Kier alpha value is -7.04. The molecule has 71 heavy (non-hydrogen) atoms. The molecule has 0 radical (unpaired) electrons. The first-order valence-corrected chi connectivity index (χ1v) is 25.3. The van der Waals surface area contributed by atoms with Gasteiger partial charge < -0.3 is 5.11 Å². The van der Waals surface area contributed by atoms with Crippen molar-refractivity contribution in [2.24, 2.45) is 5.41 Å². The van der Waals surface area contributed by atoms with Crippen LogP contribution in [-0.4, -0.2) is 19.6 Å². The summed E-state index contributed by atoms with van der Waals surface area (Å²) in [7, 11) is 0. The Labute approximate surface area is 423 Å². The fourth-order valence-electron chi connectivity index (χ4n) is 9.59. The topological polar surface area (TPSA) is 50.9 Å². The number of phenols is 1. The molecule has 0 aliphatic rings. The minimum absolute atomic E-state index is 0.00178. The molecule has 0 aliphatic heterocycles. The predicted molar refractivity (Wildman–Crippen MR) is 302 cm³/mol. The van der Waals surface area contributed by atoms with E-state index in [9.17, 15) is 5.11 Å². The Balaban J connectivity index is 1.31. The average molecular weight is 934 g/mol. The van der Waals surface area contributed by atoms with Crippen LogP contribution in [0.5, 0.6) is 5.75 Å². The molecule has 0 fully saturated rings. The lowest BCUT2D eigenvalue weighted by Gasteiger charge is -2.40. The molecule has 0 aliphatic carbocycles. The third kappa shape index (κ3) is 9.50. The molecule has 0 bridgehead atoms. The SMILES string of the molecule is CC(C)(C)c1cc(-c2cc(-c3ccc(-c4ccccc4)cc3)ccn2)cc(-c2cccc3c2nc(-c2cc(C(C)(C)C)cc(C(C)(C)C)c2O)n3-c2ccc(C(C)(C)C(C)(C)C)cc2-c2ccccc2)c1. The van der Waals surface area contributed by atoms with Crippen molar-refractivity contribution in [1.29, 1.82) is 0 Å². The van der Waals surface area contributed by atoms with Crippen LogP contribution in [0.4, 0.5) is 0 Å². The van der Waals surface area contributed by atoms with Gasteiger partial charge in [-0.2, -0.15) is 0 Å². The quantitative estimate of drug-likeness (QED) is 0.165. The van der Waals surface area contributed by atoms with Crippen LogP contribution >= 0.6 is 0 Å². The van der Waals surface area contributed by atoms with Gasteiger partial charge in [-0.25, -0.2) is 4.98 Å². The summed E-state index contributed by atoms with van der Waals surface area (Å²) in [4.78, 5) is 10.8. The third-order valence-corrected chi connectivity index (χ3v) is 15.1. The second-order valence-corrected chi connectivity index (χ2v) is 24.3. The number of hydrogen-bond donors (Lipinski definition) is 1. The molecule has 4 nitrogen and oxygen atoms in total. The Morgan fingerprint density at radius 3 is 1.58 bits per heavy atom. The molecule has 1 N–H and O–H groups in total. The van der Waals surface area contributed by atoms with Gasteiger partial charge >= 0.3 is 0 Å². The van der Waals surface area contributed by atoms with Crippen LogP contribution in [-0.2, 0) is 21.7 Å². The van der Waals surface area contributed by atoms with Gasteiger partial charge in [0.05, 0.1) is 28.0 Å². The highest BCUT2D eigenvalue weighted by Gasteiger charge is 2.36. The number of aromatic nitrogens is 3. The number of fused-ring (bicyclic) bond motifs is 1. The van der Waals surface area contributed by atoms with Gasteiger partial charge in [-0.15, -0.1) is 0 Å². The number of hydrogen-bond acceptors (Lipinski definition) is 3. The van der Waals surface area contributed by atoms with E-state index in [4.69, 9.17) is 9.97 Å². The van der Waals surface area contributed by atoms with E-state index in [0.29, 0.717) is 11.4 Å². The number of imidazole rings is 1. The standard InChI is InChI=1S/C67H71N3O/c1-63(2,3)51-37-48(36-49(38-51)57-39-47(34-35-68-57)45-30-28-44(29-31-45)43-22-17-15-18-23-43)53-26-21-27-59-60(53)69-62(55-41-52(64(4,5)6)42-56(61(55)71)65(7,8)9)70(59)58-33-32-50(67(13,14)66(10,11)12)40-54(58)46-24-19-16-20-25-46/h15-42,71H,1-14H3. The highest BCUT2D eigenvalue weighted by Crippen LogP contribution is 2.48. The maximum absolute atomic E-state index is 12.7. The fourth-order valence-corrected chi connectivity index (χ4v) is 9.59. The minimum Gasteiger partial charge on any atom is -0.507 e. The van der Waals surface area contributed by atoms with E-state index in [2.05, 4.69) is 265 Å². The molecule has 9 aromatic rings. The monoisotopic (exact) mass is 934 g/mol. The summed E-state index contributed by atoms with van der Waals surface area (Å²) in [6, 6.07) is 59.1. The molecule has 2 aromatic heterocycles. The van der Waals surface area contributed by atoms with Gasteiger partial charge in [0.1, 0.15) is 11.6 Å². The number of rotatable bonds is 8. The Bertz CT molecular complexity index is 3400. The first-order valence-electron chi connectivity index (χ1n) is 25.3. The van der Waals surface area contributed by atoms with Crippen LogP contribution in [0.1, 0.15) is 119 Å². The normalized spacial score (nSPS) is 12.7. The van der Waals surface area contributed by atoms with Gasteiger partial charge in [-0.3, -0.25) is 9.55 Å². The molecule has 2 heterocycles. The van der Waals surface area contributed by atoms with Crippen LogP contribution < -0.4 is 0 Å². The largest absolute Gasteiger partial charge is 0.507 e. The number of nitrogens with zero attached hydrogens (tertiary/aromatic N) is 3. The zero-order valence-corrected chi connectivity index (χ0v) is 44.5. The third-order valence-electron chi connectivity index (χ3n) is 15.1. The predicted octanol–water partition coefficient (Wildman–Crippen LogP) is 18.3. The molecule has 0 atom stereocenters. The van der Waals surface area contributed by atoms with E-state index < -0.39 is 0 Å². The van der Waals surface area contributed by atoms with Crippen molar-refractivity contribution in [2.45, 2.75) is 119 Å². The van der Waals surface area contributed by atoms with Gasteiger partial charge in [0.2, 0.25) is 0 Å². The lowest BCUT2D eigenvalue weighted by Crippen LogP contribution is -2.34. The van der Waals surface area contributed by atoms with Crippen molar-refractivity contribution in [1.82, 2.24) is 14.5 Å². The molecule has 0 saturated carbocycles. The van der Waals surface area contributed by atoms with Gasteiger partial charge in [-0.05, 0) is 126 Å². The van der Waals surface area contributed by atoms with E-state index in [1.54, 1.807) is 0 Å². The Kier molecular flexibility index (Phi) is 12.4. The van der Waals surface area contributed by atoms with Crippen molar-refractivity contribution in [3.8, 4) is 78.6 Å². The summed E-state index contributed by atoms with van der Waals surface area (Å²) in [5.41, 5.74) is 18.1. The number of phenolic OH excluding ortho intramolecular Hbond substituents is 1. The molecule has 360 valence electrons. The van der Waals surface area contributed by atoms with Gasteiger partial charge in [0.15, 0.2) is 0 Å². The van der Waals surface area contributed by atoms with Crippen LogP contribution in [0.2, 0.25) is 0 Å². The molecular weight excluding hydrogens is 863 g/mol. The van der Waals surface area contributed by atoms with Crippen molar-refractivity contribution in [3.63, 3.8) is 0 Å². The van der Waals surface area contributed by atoms with Crippen molar-refractivity contribution in [2.75, 3.05) is 0 Å². The minimum atomic E-state index is -0.335. The number of aromatic hydroxyl groups is 1. The van der Waals surface area contributed by atoms with Gasteiger partial charge in [0, 0.05) is 28.5 Å². The molecule has 0 amide bonds. The Morgan fingerprint density at radius 2 is 0.972 bits per heavy atom. The van der Waals surface area contributed by atoms with E-state index in [0.717, 1.165) is 72.5 Å². The smallest absolute Gasteiger partial charge is 0.149 e. The second-order valence-electron chi connectivity index (χ2n) is 24.3. The maximum Gasteiger partial charge on any atom is 0.149 e. The Morgan fingerprint density at radius 1 is 0.408 bits per heavy atom. The van der Waals surface area contributed by atoms with Gasteiger partial charge in [-0.1, -0.05) is 212 Å². The molecule has 7 aromatic carbocycles. The molecular formula is C67H71N3O. The van der Waals surface area contributed by atoms with Crippen LogP contribution in [0.3, 0.4) is 0 Å². The van der Waals surface area contributed by atoms with E-state index in [1.807, 2.05) is 6.20 Å². The number of para-hydroxylation sites is 1. The number of pyridine rings is 1. The van der Waals surface area contributed by atoms with Crippen LogP contribution in [0, 0.1) is 5.41 Å². The first-order chi connectivity index (χ1) is 33.4. The summed E-state index contributed by atoms with van der Waals surface area (Å²) < 4.78 is 2.31. The van der Waals surface area contributed by atoms with E-state index in [1.165, 1.54) is 22.3 Å². The van der Waals surface area contributed by atoms with Crippen molar-refractivity contribution in [3.05, 3.63) is 192 Å². The second kappa shape index (κ2) is 18.0. The van der Waals surface area contributed by atoms with Crippen LogP contribution in [0.15, 0.2) is 170 Å². The fraction of sp³-hybridized carbons (Fsp3) is 0.284. The van der Waals surface area contributed by atoms with Crippen molar-refractivity contribution >= 4 is 11.0 Å². The lowest BCUT2D eigenvalue weighted by atomic mass is 9.65. The summed E-state index contributed by atoms with van der Waals surface area (Å²) >= 11 is 0. The molecule has 4 heteroatoms. The molecule has 9 rings (SSSR count). The van der Waals surface area contributed by atoms with Crippen LogP contribution in [0.25, 0.3) is 83.9 Å². The molecule has 0 unspecified atom stereocenters. The zero-order valence-electron chi connectivity index (χ0n) is 44.5. The average Bonchev–Trinajstić information content (AvgIpc) is 3.72. The number of benzene rings is 7. The lowest BCUT2D eigenvalue weighted by molar-refractivity contribution is 0.225. The summed E-state index contributed by atoms with van der Waals surface area (Å²) in [6.45, 7) is 31.7. The first kappa shape index (κ1) is 49.0. The molecule has 0 spiro atoms. The highest BCUT2D eigenvalue weighted by molar-refractivity contribution is 5.98. The zero-order chi connectivity index (χ0) is 50.8. The highest BCUT2D eigenvalue weighted by atomic mass is 16.3. The van der Waals surface area contributed by atoms with E-state index >= 15 is 0 Å². The summed E-state index contributed by atoms with van der Waals surface area (Å²) in [5.74, 6) is 0.953.